The lowest BCUT2D eigenvalue weighted by atomic mass is 9.90. The third-order valence-electron chi connectivity index (χ3n) is 5.36. The Kier molecular flexibility index (Phi) is 4.38. The first kappa shape index (κ1) is 18.3. The van der Waals surface area contributed by atoms with Gasteiger partial charge < -0.3 is 0 Å². The van der Waals surface area contributed by atoms with Gasteiger partial charge in [0, 0.05) is 5.56 Å². The Balaban J connectivity index is 1.86. The van der Waals surface area contributed by atoms with E-state index in [1.807, 2.05) is 0 Å². The van der Waals surface area contributed by atoms with Gasteiger partial charge in [-0.25, -0.2) is 0 Å². The lowest BCUT2D eigenvalue weighted by Crippen LogP contribution is -2.32. The molecular formula is C18H15ClF3IN2O. The highest BCUT2D eigenvalue weighted by atomic mass is 127. The number of rotatable bonds is 2. The molecule has 26 heavy (non-hydrogen) atoms. The van der Waals surface area contributed by atoms with Gasteiger partial charge in [-0.05, 0) is 72.7 Å². The molecule has 3 nitrogen and oxygen atoms in total. The van der Waals surface area contributed by atoms with E-state index in [1.165, 1.54) is 22.9 Å². The third-order valence-corrected chi connectivity index (χ3v) is 6.54. The lowest BCUT2D eigenvalue weighted by Gasteiger charge is -2.23. The molecule has 2 aliphatic carbocycles. The van der Waals surface area contributed by atoms with Gasteiger partial charge in [0.1, 0.15) is 3.70 Å². The summed E-state index contributed by atoms with van der Waals surface area (Å²) in [5, 5.41) is 4.37. The first-order valence-corrected chi connectivity index (χ1v) is 9.88. The molecule has 1 saturated carbocycles. The van der Waals surface area contributed by atoms with Crippen molar-refractivity contribution >= 4 is 40.1 Å². The fourth-order valence-corrected chi connectivity index (χ4v) is 4.85. The Labute approximate surface area is 167 Å². The summed E-state index contributed by atoms with van der Waals surface area (Å²) in [7, 11) is 0. The van der Waals surface area contributed by atoms with Gasteiger partial charge in [-0.2, -0.15) is 23.0 Å². The van der Waals surface area contributed by atoms with E-state index in [2.05, 4.69) is 27.7 Å². The van der Waals surface area contributed by atoms with E-state index < -0.39 is 17.5 Å². The number of hydrogen-bond donors (Lipinski definition) is 0. The number of aromatic nitrogens is 2. The molecule has 8 heteroatoms. The molecule has 138 valence electrons. The quantitative estimate of drug-likeness (QED) is 0.531. The van der Waals surface area contributed by atoms with Crippen molar-refractivity contribution < 1.29 is 18.0 Å². The van der Waals surface area contributed by atoms with Crippen LogP contribution >= 0.6 is 34.2 Å². The summed E-state index contributed by atoms with van der Waals surface area (Å²) in [6.07, 6.45) is -0.964. The van der Waals surface area contributed by atoms with Crippen LogP contribution in [0.5, 0.6) is 0 Å². The fourth-order valence-electron chi connectivity index (χ4n) is 3.80. The maximum atomic E-state index is 13.7. The van der Waals surface area contributed by atoms with Crippen LogP contribution in [0, 0.1) is 3.70 Å². The highest BCUT2D eigenvalue weighted by Crippen LogP contribution is 2.60. The SMILES string of the molecule is O=C(c1c(Cl)cccc1C1(C(F)(F)F)CC1)n1nc(I)c2c1CCCC2. The summed E-state index contributed by atoms with van der Waals surface area (Å²) in [4.78, 5) is 13.2. The fraction of sp³-hybridized carbons (Fsp3) is 0.444. The molecule has 0 aliphatic heterocycles. The normalized spacial score (nSPS) is 18.5. The maximum absolute atomic E-state index is 13.7. The number of hydrogen-bond acceptors (Lipinski definition) is 2. The van der Waals surface area contributed by atoms with Crippen molar-refractivity contribution in [3.8, 4) is 0 Å². The first-order chi connectivity index (χ1) is 12.3. The Morgan fingerprint density at radius 2 is 1.92 bits per heavy atom. The van der Waals surface area contributed by atoms with Gasteiger partial charge in [0.25, 0.3) is 5.91 Å². The van der Waals surface area contributed by atoms with Crippen LogP contribution in [0.3, 0.4) is 0 Å². The summed E-state index contributed by atoms with van der Waals surface area (Å²) < 4.78 is 43.0. The molecule has 1 heterocycles. The molecule has 0 radical (unpaired) electrons. The number of halogens is 5. The highest BCUT2D eigenvalue weighted by molar-refractivity contribution is 14.1. The molecule has 0 spiro atoms. The third kappa shape index (κ3) is 2.69. The minimum atomic E-state index is -4.41. The minimum Gasteiger partial charge on any atom is -0.267 e. The molecule has 2 aromatic rings. The predicted molar refractivity (Wildman–Crippen MR) is 99.7 cm³/mol. The Hall–Kier alpha value is -1.09. The minimum absolute atomic E-state index is 0.0220. The molecule has 0 unspecified atom stereocenters. The predicted octanol–water partition coefficient (Wildman–Crippen LogP) is 5.30. The van der Waals surface area contributed by atoms with Crippen LogP contribution < -0.4 is 0 Å². The van der Waals surface area contributed by atoms with E-state index in [-0.39, 0.29) is 29.0 Å². The highest BCUT2D eigenvalue weighted by Gasteiger charge is 2.65. The number of nitrogens with zero attached hydrogens (tertiary/aromatic N) is 2. The smallest absolute Gasteiger partial charge is 0.267 e. The van der Waals surface area contributed by atoms with Gasteiger partial charge in [-0.15, -0.1) is 0 Å². The molecule has 1 fully saturated rings. The van der Waals surface area contributed by atoms with Crippen molar-refractivity contribution in [1.29, 1.82) is 0 Å². The monoisotopic (exact) mass is 494 g/mol. The second kappa shape index (κ2) is 6.22. The molecule has 1 aromatic heterocycles. The summed E-state index contributed by atoms with van der Waals surface area (Å²) in [5.41, 5.74) is -0.249. The Morgan fingerprint density at radius 1 is 1.23 bits per heavy atom. The first-order valence-electron chi connectivity index (χ1n) is 8.43. The second-order valence-electron chi connectivity index (χ2n) is 6.88. The summed E-state index contributed by atoms with van der Waals surface area (Å²) in [6.45, 7) is 0. The number of carbonyl (C=O) groups excluding carboxylic acids is 1. The number of benzene rings is 1. The van der Waals surface area contributed by atoms with Gasteiger partial charge >= 0.3 is 6.18 Å². The van der Waals surface area contributed by atoms with Crippen molar-refractivity contribution in [2.75, 3.05) is 0 Å². The summed E-state index contributed by atoms with van der Waals surface area (Å²) in [6, 6.07) is 4.31. The average Bonchev–Trinajstić information content (AvgIpc) is 3.35. The van der Waals surface area contributed by atoms with E-state index in [1.54, 1.807) is 0 Å². The van der Waals surface area contributed by atoms with E-state index in [0.717, 1.165) is 34.2 Å². The second-order valence-corrected chi connectivity index (χ2v) is 8.31. The van der Waals surface area contributed by atoms with Crippen LogP contribution in [0.25, 0.3) is 0 Å². The van der Waals surface area contributed by atoms with Gasteiger partial charge in [0.2, 0.25) is 0 Å². The van der Waals surface area contributed by atoms with Crippen LogP contribution in [0.1, 0.15) is 52.9 Å². The summed E-state index contributed by atoms with van der Waals surface area (Å²) >= 11 is 8.30. The van der Waals surface area contributed by atoms with Crippen molar-refractivity contribution in [2.24, 2.45) is 0 Å². The number of alkyl halides is 3. The molecule has 0 bridgehead atoms. The largest absolute Gasteiger partial charge is 0.398 e. The number of fused-ring (bicyclic) bond motifs is 1. The van der Waals surface area contributed by atoms with Crippen LogP contribution in [0.15, 0.2) is 18.2 Å². The maximum Gasteiger partial charge on any atom is 0.398 e. The van der Waals surface area contributed by atoms with E-state index in [9.17, 15) is 18.0 Å². The molecule has 0 N–H and O–H groups in total. The van der Waals surface area contributed by atoms with E-state index >= 15 is 0 Å². The van der Waals surface area contributed by atoms with Crippen molar-refractivity contribution in [3.05, 3.63) is 49.3 Å². The van der Waals surface area contributed by atoms with E-state index in [0.29, 0.717) is 6.42 Å². The molecule has 0 saturated heterocycles. The molecular weight excluding hydrogens is 480 g/mol. The van der Waals surface area contributed by atoms with Gasteiger partial charge in [0.05, 0.1) is 21.7 Å². The lowest BCUT2D eigenvalue weighted by molar-refractivity contribution is -0.160. The zero-order chi connectivity index (χ0) is 18.7. The zero-order valence-corrected chi connectivity index (χ0v) is 16.6. The van der Waals surface area contributed by atoms with Crippen LogP contribution in [0.4, 0.5) is 13.2 Å². The topological polar surface area (TPSA) is 34.9 Å². The summed E-state index contributed by atoms with van der Waals surface area (Å²) in [5.74, 6) is -0.567. The Bertz CT molecular complexity index is 903. The van der Waals surface area contributed by atoms with Gasteiger partial charge in [-0.1, -0.05) is 23.7 Å². The zero-order valence-electron chi connectivity index (χ0n) is 13.7. The van der Waals surface area contributed by atoms with Gasteiger partial charge in [-0.3, -0.25) is 4.79 Å². The van der Waals surface area contributed by atoms with Crippen LogP contribution in [0.2, 0.25) is 5.02 Å². The van der Waals surface area contributed by atoms with Crippen molar-refractivity contribution in [3.63, 3.8) is 0 Å². The standard InChI is InChI=1S/C18H15ClF3IN2O/c19-12-6-3-5-11(17(8-9-17)18(20,21)22)14(12)16(26)25-13-7-2-1-4-10(13)15(23)24-25/h3,5-6H,1-2,4,7-9H2. The molecule has 1 aromatic carbocycles. The van der Waals surface area contributed by atoms with Gasteiger partial charge in [0.15, 0.2) is 0 Å². The molecule has 4 rings (SSSR count). The van der Waals surface area contributed by atoms with E-state index in [4.69, 9.17) is 11.6 Å². The van der Waals surface area contributed by atoms with Crippen LogP contribution in [-0.4, -0.2) is 21.9 Å². The van der Waals surface area contributed by atoms with Crippen molar-refractivity contribution in [2.45, 2.75) is 50.1 Å². The number of carbonyl (C=O) groups is 1. The average molecular weight is 495 g/mol. The Morgan fingerprint density at radius 3 is 2.58 bits per heavy atom. The van der Waals surface area contributed by atoms with Crippen molar-refractivity contribution in [1.82, 2.24) is 9.78 Å². The molecule has 0 amide bonds. The molecule has 2 aliphatic rings. The molecule has 0 atom stereocenters. The van der Waals surface area contributed by atoms with Crippen LogP contribution in [-0.2, 0) is 18.3 Å².